The highest BCUT2D eigenvalue weighted by Gasteiger charge is 2.06. The van der Waals surface area contributed by atoms with Crippen LogP contribution in [0.2, 0.25) is 0 Å². The number of methoxy groups -OCH3 is 1. The van der Waals surface area contributed by atoms with Gasteiger partial charge in [-0.15, -0.1) is 11.6 Å². The molecule has 0 heterocycles. The molecule has 86 valence electrons. The average Bonchev–Trinajstić information content (AvgIpc) is 2.21. The predicted molar refractivity (Wildman–Crippen MR) is 60.1 cm³/mol. The van der Waals surface area contributed by atoms with Crippen molar-refractivity contribution in [3.05, 3.63) is 0 Å². The third-order valence-corrected chi connectivity index (χ3v) is 2.65. The lowest BCUT2D eigenvalue weighted by atomic mass is 10.3. The first-order chi connectivity index (χ1) is 6.72. The number of hydrogen-bond acceptors (Lipinski definition) is 3. The Morgan fingerprint density at radius 2 is 2.00 bits per heavy atom. The van der Waals surface area contributed by atoms with E-state index in [1.807, 2.05) is 0 Å². The molecule has 0 N–H and O–H groups in total. The van der Waals surface area contributed by atoms with Crippen LogP contribution >= 0.6 is 11.6 Å². The van der Waals surface area contributed by atoms with Crippen LogP contribution in [0.25, 0.3) is 0 Å². The molecule has 1 unspecified atom stereocenters. The second-order valence-electron chi connectivity index (χ2n) is 3.44. The molecule has 4 heteroatoms. The minimum absolute atomic E-state index is 0.440. The number of ether oxygens (including phenoxy) is 2. The SMILES string of the molecule is COCCOCCCN(C)C(C)CCl. The fourth-order valence-electron chi connectivity index (χ4n) is 0.999. The van der Waals surface area contributed by atoms with Gasteiger partial charge in [0.15, 0.2) is 0 Å². The molecule has 0 radical (unpaired) electrons. The Labute approximate surface area is 92.3 Å². The largest absolute Gasteiger partial charge is 0.382 e. The van der Waals surface area contributed by atoms with Crippen LogP contribution in [-0.4, -0.2) is 57.3 Å². The Hall–Kier alpha value is 0.170. The molecule has 0 aliphatic carbocycles. The zero-order valence-electron chi connectivity index (χ0n) is 9.46. The van der Waals surface area contributed by atoms with Gasteiger partial charge in [0.25, 0.3) is 0 Å². The highest BCUT2D eigenvalue weighted by molar-refractivity contribution is 6.18. The zero-order valence-corrected chi connectivity index (χ0v) is 10.2. The zero-order chi connectivity index (χ0) is 10.8. The van der Waals surface area contributed by atoms with E-state index in [1.165, 1.54) is 0 Å². The second kappa shape index (κ2) is 9.71. The summed E-state index contributed by atoms with van der Waals surface area (Å²) in [5, 5.41) is 0. The van der Waals surface area contributed by atoms with E-state index in [1.54, 1.807) is 7.11 Å². The topological polar surface area (TPSA) is 21.7 Å². The molecular weight excluding hydrogens is 202 g/mol. The van der Waals surface area contributed by atoms with E-state index in [0.29, 0.717) is 25.1 Å². The Kier molecular flexibility index (Phi) is 9.83. The van der Waals surface area contributed by atoms with Gasteiger partial charge >= 0.3 is 0 Å². The summed E-state index contributed by atoms with van der Waals surface area (Å²) in [4.78, 5) is 2.24. The maximum atomic E-state index is 5.74. The Morgan fingerprint density at radius 3 is 2.57 bits per heavy atom. The van der Waals surface area contributed by atoms with Crippen molar-refractivity contribution in [3.63, 3.8) is 0 Å². The lowest BCUT2D eigenvalue weighted by Gasteiger charge is -2.22. The van der Waals surface area contributed by atoms with Crippen molar-refractivity contribution in [2.24, 2.45) is 0 Å². The van der Waals surface area contributed by atoms with Gasteiger partial charge in [0.1, 0.15) is 0 Å². The van der Waals surface area contributed by atoms with Gasteiger partial charge in [-0.3, -0.25) is 0 Å². The van der Waals surface area contributed by atoms with Crippen LogP contribution in [-0.2, 0) is 9.47 Å². The molecule has 0 spiro atoms. The second-order valence-corrected chi connectivity index (χ2v) is 3.75. The molecule has 0 aromatic carbocycles. The highest BCUT2D eigenvalue weighted by atomic mass is 35.5. The van der Waals surface area contributed by atoms with Gasteiger partial charge in [-0.1, -0.05) is 0 Å². The van der Waals surface area contributed by atoms with Crippen molar-refractivity contribution in [1.29, 1.82) is 0 Å². The van der Waals surface area contributed by atoms with Gasteiger partial charge in [-0.25, -0.2) is 0 Å². The van der Waals surface area contributed by atoms with Crippen molar-refractivity contribution in [2.75, 3.05) is 46.4 Å². The summed E-state index contributed by atoms with van der Waals surface area (Å²) in [5.41, 5.74) is 0. The Morgan fingerprint density at radius 1 is 1.29 bits per heavy atom. The molecule has 0 amide bonds. The van der Waals surface area contributed by atoms with E-state index < -0.39 is 0 Å². The number of nitrogens with zero attached hydrogens (tertiary/aromatic N) is 1. The number of hydrogen-bond donors (Lipinski definition) is 0. The fraction of sp³-hybridized carbons (Fsp3) is 1.00. The van der Waals surface area contributed by atoms with Crippen molar-refractivity contribution in [1.82, 2.24) is 4.90 Å². The molecule has 0 bridgehead atoms. The van der Waals surface area contributed by atoms with E-state index in [4.69, 9.17) is 21.1 Å². The van der Waals surface area contributed by atoms with Crippen molar-refractivity contribution in [2.45, 2.75) is 19.4 Å². The molecule has 0 fully saturated rings. The highest BCUT2D eigenvalue weighted by Crippen LogP contribution is 1.99. The predicted octanol–water partition coefficient (Wildman–Crippen LogP) is 1.60. The quantitative estimate of drug-likeness (QED) is 0.438. The third kappa shape index (κ3) is 7.56. The molecule has 1 atom stereocenters. The number of rotatable bonds is 9. The molecule has 0 aromatic heterocycles. The summed E-state index contributed by atoms with van der Waals surface area (Å²) in [7, 11) is 3.77. The summed E-state index contributed by atoms with van der Waals surface area (Å²) >= 11 is 5.74. The number of halogens is 1. The van der Waals surface area contributed by atoms with E-state index in [0.717, 1.165) is 19.6 Å². The summed E-state index contributed by atoms with van der Waals surface area (Å²) in [6.07, 6.45) is 1.04. The van der Waals surface area contributed by atoms with E-state index in [9.17, 15) is 0 Å². The van der Waals surface area contributed by atoms with Crippen molar-refractivity contribution >= 4 is 11.6 Å². The van der Waals surface area contributed by atoms with Gasteiger partial charge in [0.2, 0.25) is 0 Å². The molecular formula is C10H22ClNO2. The first kappa shape index (κ1) is 14.2. The van der Waals surface area contributed by atoms with Crippen LogP contribution in [0.15, 0.2) is 0 Å². The van der Waals surface area contributed by atoms with Crippen LogP contribution in [0.3, 0.4) is 0 Å². The summed E-state index contributed by atoms with van der Waals surface area (Å²) in [6, 6.07) is 0.440. The molecule has 0 saturated carbocycles. The Balaban J connectivity index is 3.18. The monoisotopic (exact) mass is 223 g/mol. The van der Waals surface area contributed by atoms with Crippen LogP contribution < -0.4 is 0 Å². The maximum absolute atomic E-state index is 5.74. The van der Waals surface area contributed by atoms with E-state index in [2.05, 4.69) is 18.9 Å². The molecule has 0 aromatic rings. The smallest absolute Gasteiger partial charge is 0.0700 e. The summed E-state index contributed by atoms with van der Waals surface area (Å²) < 4.78 is 10.2. The van der Waals surface area contributed by atoms with E-state index in [-0.39, 0.29) is 0 Å². The first-order valence-electron chi connectivity index (χ1n) is 5.05. The average molecular weight is 224 g/mol. The lowest BCUT2D eigenvalue weighted by molar-refractivity contribution is 0.0652. The van der Waals surface area contributed by atoms with Crippen LogP contribution in [0.5, 0.6) is 0 Å². The van der Waals surface area contributed by atoms with Crippen LogP contribution in [0.4, 0.5) is 0 Å². The first-order valence-corrected chi connectivity index (χ1v) is 5.58. The molecule has 0 saturated heterocycles. The number of alkyl halides is 1. The van der Waals surface area contributed by atoms with Gasteiger partial charge in [-0.05, 0) is 20.4 Å². The van der Waals surface area contributed by atoms with Gasteiger partial charge in [0, 0.05) is 32.2 Å². The van der Waals surface area contributed by atoms with Gasteiger partial charge in [-0.2, -0.15) is 0 Å². The fourth-order valence-corrected chi connectivity index (χ4v) is 1.23. The minimum atomic E-state index is 0.440. The molecule has 14 heavy (non-hydrogen) atoms. The van der Waals surface area contributed by atoms with E-state index >= 15 is 0 Å². The third-order valence-electron chi connectivity index (χ3n) is 2.21. The molecule has 0 aliphatic heterocycles. The van der Waals surface area contributed by atoms with Crippen LogP contribution in [0, 0.1) is 0 Å². The van der Waals surface area contributed by atoms with Gasteiger partial charge < -0.3 is 14.4 Å². The summed E-state index contributed by atoms with van der Waals surface area (Å²) in [6.45, 7) is 5.31. The van der Waals surface area contributed by atoms with Crippen molar-refractivity contribution in [3.8, 4) is 0 Å². The van der Waals surface area contributed by atoms with Gasteiger partial charge in [0.05, 0.1) is 13.2 Å². The maximum Gasteiger partial charge on any atom is 0.0700 e. The van der Waals surface area contributed by atoms with Crippen molar-refractivity contribution < 1.29 is 9.47 Å². The molecule has 0 rings (SSSR count). The molecule has 0 aliphatic rings. The van der Waals surface area contributed by atoms with Crippen LogP contribution in [0.1, 0.15) is 13.3 Å². The minimum Gasteiger partial charge on any atom is -0.382 e. The normalized spacial score (nSPS) is 13.5. The standard InChI is InChI=1S/C10H22ClNO2/c1-10(9-11)12(2)5-4-6-14-8-7-13-3/h10H,4-9H2,1-3H3. The molecule has 3 nitrogen and oxygen atoms in total. The summed E-state index contributed by atoms with van der Waals surface area (Å²) in [5.74, 6) is 0.682. The lowest BCUT2D eigenvalue weighted by Crippen LogP contribution is -2.31. The Bertz CT molecular complexity index is 125.